The van der Waals surface area contributed by atoms with Crippen LogP contribution in [0.25, 0.3) is 21.8 Å². The summed E-state index contributed by atoms with van der Waals surface area (Å²) < 4.78 is 23.5. The van der Waals surface area contributed by atoms with Crippen molar-refractivity contribution >= 4 is 68.4 Å². The van der Waals surface area contributed by atoms with Crippen LogP contribution in [0.3, 0.4) is 0 Å². The highest BCUT2D eigenvalue weighted by Gasteiger charge is 2.16. The van der Waals surface area contributed by atoms with Gasteiger partial charge in [0.1, 0.15) is 38.7 Å². The number of rotatable bonds is 17. The largest absolute Gasteiger partial charge is 0.487 e. The number of non-ortho nitro benzene ring substituents is 1. The van der Waals surface area contributed by atoms with Crippen molar-refractivity contribution in [2.75, 3.05) is 49.7 Å². The van der Waals surface area contributed by atoms with Crippen LogP contribution in [0.2, 0.25) is 0 Å². The van der Waals surface area contributed by atoms with Crippen molar-refractivity contribution in [2.24, 2.45) is 16.0 Å². The normalized spacial score (nSPS) is 11.0. The summed E-state index contributed by atoms with van der Waals surface area (Å²) in [7, 11) is 0. The Bertz CT molecular complexity index is 2340. The molecule has 0 aliphatic rings. The zero-order valence-corrected chi connectivity index (χ0v) is 30.9. The molecule has 5 aromatic carbocycles. The maximum atomic E-state index is 12.9. The molecule has 2 amide bonds. The Balaban J connectivity index is 1.06. The van der Waals surface area contributed by atoms with Gasteiger partial charge in [0.2, 0.25) is 0 Å². The number of para-hydroxylation sites is 2. The Morgan fingerprint density at radius 2 is 1.42 bits per heavy atom. The summed E-state index contributed by atoms with van der Waals surface area (Å²) in [5, 5.41) is 24.8. The van der Waals surface area contributed by atoms with Gasteiger partial charge in [-0.15, -0.1) is 5.11 Å². The van der Waals surface area contributed by atoms with E-state index in [1.165, 1.54) is 18.2 Å². The second-order valence-electron chi connectivity index (χ2n) is 12.6. The number of nitro benzene ring substituents is 1. The minimum Gasteiger partial charge on any atom is -0.487 e. The number of nitrogens with one attached hydrogen (secondary N) is 1. The summed E-state index contributed by atoms with van der Waals surface area (Å²) in [5.41, 5.74) is 9.76. The van der Waals surface area contributed by atoms with E-state index in [1.54, 1.807) is 36.4 Å². The zero-order chi connectivity index (χ0) is 40.1. The van der Waals surface area contributed by atoms with Crippen LogP contribution in [-0.4, -0.2) is 67.2 Å². The second-order valence-corrected chi connectivity index (χ2v) is 12.6. The van der Waals surface area contributed by atoms with Crippen molar-refractivity contribution in [1.82, 2.24) is 4.57 Å². The Labute approximate surface area is 326 Å². The molecule has 1 heterocycles. The van der Waals surface area contributed by atoms with Crippen molar-refractivity contribution in [1.29, 1.82) is 0 Å². The van der Waals surface area contributed by atoms with E-state index in [0.717, 1.165) is 27.4 Å². The van der Waals surface area contributed by atoms with Crippen molar-refractivity contribution in [2.45, 2.75) is 13.5 Å². The summed E-state index contributed by atoms with van der Waals surface area (Å²) in [6.07, 6.45) is -1.53. The number of hydrogen-bond donors (Lipinski definition) is 2. The lowest BCUT2D eigenvalue weighted by Crippen LogP contribution is -2.33. The van der Waals surface area contributed by atoms with Gasteiger partial charge in [-0.05, 0) is 61.5 Å². The highest BCUT2D eigenvalue weighted by atomic mass is 16.6. The first-order valence-electron chi connectivity index (χ1n) is 17.9. The van der Waals surface area contributed by atoms with E-state index in [-0.39, 0.29) is 63.2 Å². The number of aromatic nitrogens is 1. The van der Waals surface area contributed by atoms with Crippen molar-refractivity contribution in [3.8, 4) is 5.75 Å². The van der Waals surface area contributed by atoms with E-state index < -0.39 is 23.1 Å². The van der Waals surface area contributed by atoms with Crippen molar-refractivity contribution in [3.05, 3.63) is 131 Å². The number of nitrogens with two attached hydrogens (primary N) is 1. The standard InChI is InChI=1S/C41H39N7O9/c1-28-10-12-29(13-11-28)43-41(51)57-23-21-46(20-22-56-40(42)50)31-16-14-30(15-17-31)44-45-35-19-18-32(48(52)53)26-38(35)54-24-25-55-39(49)27-47-36-8-4-2-6-33(36)34-7-3-5-9-37(34)47/h2-19,26H,20-25,27H2,1H3,(H2,42,50)(H,43,51). The van der Waals surface area contributed by atoms with E-state index in [9.17, 15) is 24.5 Å². The van der Waals surface area contributed by atoms with Crippen LogP contribution in [0.5, 0.6) is 5.75 Å². The summed E-state index contributed by atoms with van der Waals surface area (Å²) in [6, 6.07) is 33.7. The first-order chi connectivity index (χ1) is 27.6. The van der Waals surface area contributed by atoms with Gasteiger partial charge in [0.05, 0.1) is 29.8 Å². The number of carbonyl (C=O) groups excluding carboxylic acids is 3. The quantitative estimate of drug-likeness (QED) is 0.0227. The van der Waals surface area contributed by atoms with Gasteiger partial charge < -0.3 is 34.1 Å². The molecule has 6 aromatic rings. The average Bonchev–Trinajstić information content (AvgIpc) is 3.52. The summed E-state index contributed by atoms with van der Waals surface area (Å²) >= 11 is 0. The van der Waals surface area contributed by atoms with Crippen LogP contribution in [0.4, 0.5) is 38.0 Å². The topological polar surface area (TPSA) is 202 Å². The second kappa shape index (κ2) is 18.7. The molecule has 0 atom stereocenters. The molecule has 16 nitrogen and oxygen atoms in total. The number of anilines is 2. The lowest BCUT2D eigenvalue weighted by molar-refractivity contribution is -0.384. The minimum atomic E-state index is -0.912. The van der Waals surface area contributed by atoms with Gasteiger partial charge in [0.15, 0.2) is 5.75 Å². The Kier molecular flexibility index (Phi) is 12.9. The monoisotopic (exact) mass is 773 g/mol. The molecule has 57 heavy (non-hydrogen) atoms. The van der Waals surface area contributed by atoms with Crippen molar-refractivity contribution in [3.63, 3.8) is 0 Å². The lowest BCUT2D eigenvalue weighted by atomic mass is 10.2. The highest BCUT2D eigenvalue weighted by Crippen LogP contribution is 2.34. The number of azo groups is 1. The third kappa shape index (κ3) is 10.6. The molecule has 16 heteroatoms. The van der Waals surface area contributed by atoms with Gasteiger partial charge in [-0.2, -0.15) is 5.11 Å². The molecule has 0 saturated heterocycles. The van der Waals surface area contributed by atoms with Gasteiger partial charge in [-0.25, -0.2) is 9.59 Å². The predicted octanol–water partition coefficient (Wildman–Crippen LogP) is 8.20. The molecule has 292 valence electrons. The number of hydrogen-bond acceptors (Lipinski definition) is 12. The molecule has 0 fully saturated rings. The van der Waals surface area contributed by atoms with Crippen LogP contribution >= 0.6 is 0 Å². The smallest absolute Gasteiger partial charge is 0.411 e. The van der Waals surface area contributed by atoms with E-state index in [0.29, 0.717) is 17.1 Å². The first kappa shape index (κ1) is 39.2. The molecule has 0 bridgehead atoms. The number of aryl methyl sites for hydroxylation is 1. The number of esters is 1. The van der Waals surface area contributed by atoms with Crippen LogP contribution in [0, 0.1) is 17.0 Å². The SMILES string of the molecule is Cc1ccc(NC(=O)OCCN(CCOC(N)=O)c2ccc(N=Nc3ccc([N+](=O)[O-])cc3OCCOC(=O)Cn3c4ccccc4c4ccccc43)cc2)cc1. The lowest BCUT2D eigenvalue weighted by Gasteiger charge is -2.24. The van der Waals surface area contributed by atoms with Crippen LogP contribution in [-0.2, 0) is 25.5 Å². The number of primary amides is 1. The maximum Gasteiger partial charge on any atom is 0.411 e. The number of nitrogens with zero attached hydrogens (tertiary/aromatic N) is 5. The minimum absolute atomic E-state index is 0.00399. The van der Waals surface area contributed by atoms with Crippen LogP contribution in [0.1, 0.15) is 5.56 Å². The zero-order valence-electron chi connectivity index (χ0n) is 30.9. The van der Waals surface area contributed by atoms with Gasteiger partial charge >= 0.3 is 18.2 Å². The number of benzene rings is 5. The Morgan fingerprint density at radius 1 is 0.772 bits per heavy atom. The molecule has 6 rings (SSSR count). The number of nitro groups is 1. The van der Waals surface area contributed by atoms with Gasteiger partial charge in [-0.3, -0.25) is 20.2 Å². The van der Waals surface area contributed by atoms with E-state index in [1.807, 2.05) is 77.1 Å². The molecule has 0 unspecified atom stereocenters. The Morgan fingerprint density at radius 3 is 2.07 bits per heavy atom. The average molecular weight is 774 g/mol. The fourth-order valence-electron chi connectivity index (χ4n) is 5.98. The van der Waals surface area contributed by atoms with E-state index >= 15 is 0 Å². The third-order valence-electron chi connectivity index (χ3n) is 8.71. The Hall–Kier alpha value is -7.49. The molecule has 0 aliphatic heterocycles. The fourth-order valence-corrected chi connectivity index (χ4v) is 5.98. The van der Waals surface area contributed by atoms with Gasteiger partial charge in [0, 0.05) is 39.2 Å². The van der Waals surface area contributed by atoms with E-state index in [2.05, 4.69) is 15.5 Å². The number of carbonyl (C=O) groups is 3. The van der Waals surface area contributed by atoms with Gasteiger partial charge in [-0.1, -0.05) is 54.1 Å². The molecule has 0 aliphatic carbocycles. The summed E-state index contributed by atoms with van der Waals surface area (Å²) in [4.78, 5) is 49.2. The van der Waals surface area contributed by atoms with Crippen molar-refractivity contribution < 1.29 is 38.3 Å². The first-order valence-corrected chi connectivity index (χ1v) is 17.9. The van der Waals surface area contributed by atoms with Gasteiger partial charge in [0.25, 0.3) is 5.69 Å². The highest BCUT2D eigenvalue weighted by molar-refractivity contribution is 6.08. The van der Waals surface area contributed by atoms with Crippen LogP contribution < -0.4 is 20.7 Å². The van der Waals surface area contributed by atoms with E-state index in [4.69, 9.17) is 24.7 Å². The number of fused-ring (bicyclic) bond motifs is 3. The molecule has 3 N–H and O–H groups in total. The molecular weight excluding hydrogens is 734 g/mol. The molecule has 0 spiro atoms. The summed E-state index contributed by atoms with van der Waals surface area (Å²) in [6.45, 7) is 2.27. The van der Waals surface area contributed by atoms with Crippen LogP contribution in [0.15, 0.2) is 125 Å². The molecular formula is C41H39N7O9. The predicted molar refractivity (Wildman–Crippen MR) is 214 cm³/mol. The molecule has 0 radical (unpaired) electrons. The number of ether oxygens (including phenoxy) is 4. The summed E-state index contributed by atoms with van der Waals surface area (Å²) in [5.74, 6) is -0.391. The molecule has 1 aromatic heterocycles. The molecule has 0 saturated carbocycles. The third-order valence-corrected chi connectivity index (χ3v) is 8.71. The fraction of sp³-hybridized carbons (Fsp3) is 0.195. The number of amides is 2. The maximum absolute atomic E-state index is 12.9.